The number of aryl methyl sites for hydroxylation is 1. The van der Waals surface area contributed by atoms with Gasteiger partial charge in [0.15, 0.2) is 0 Å². The van der Waals surface area contributed by atoms with Crippen LogP contribution in [-0.2, 0) is 6.42 Å². The normalized spacial score (nSPS) is 15.4. The smallest absolute Gasteiger partial charge is 0.130 e. The van der Waals surface area contributed by atoms with Crippen LogP contribution in [0.2, 0.25) is 0 Å². The van der Waals surface area contributed by atoms with Gasteiger partial charge in [0, 0.05) is 6.42 Å². The quantitative estimate of drug-likeness (QED) is 0.760. The largest absolute Gasteiger partial charge is 0.390 e. The van der Waals surface area contributed by atoms with Gasteiger partial charge in [-0.2, -0.15) is 0 Å². The number of aliphatic hydroxyl groups is 1. The summed E-state index contributed by atoms with van der Waals surface area (Å²) in [5.74, 6) is 0. The predicted molar refractivity (Wildman–Crippen MR) is 51.5 cm³/mol. The van der Waals surface area contributed by atoms with Gasteiger partial charge in [-0.1, -0.05) is 24.3 Å². The highest BCUT2D eigenvalue weighted by Crippen LogP contribution is 2.13. The van der Waals surface area contributed by atoms with Crippen LogP contribution in [0, 0.1) is 6.92 Å². The zero-order valence-electron chi connectivity index (χ0n) is 8.00. The molecule has 13 heavy (non-hydrogen) atoms. The molecule has 0 bridgehead atoms. The van der Waals surface area contributed by atoms with E-state index in [4.69, 9.17) is 5.11 Å². The van der Waals surface area contributed by atoms with Gasteiger partial charge in [0.05, 0.1) is 6.10 Å². The summed E-state index contributed by atoms with van der Waals surface area (Å²) in [6, 6.07) is 7.65. The molecule has 0 aliphatic carbocycles. The molecule has 2 unspecified atom stereocenters. The fourth-order valence-electron chi connectivity index (χ4n) is 1.22. The van der Waals surface area contributed by atoms with Crippen molar-refractivity contribution in [2.24, 2.45) is 0 Å². The van der Waals surface area contributed by atoms with Crippen LogP contribution in [0.15, 0.2) is 24.3 Å². The van der Waals surface area contributed by atoms with Gasteiger partial charge in [0.2, 0.25) is 0 Å². The molecule has 0 spiro atoms. The Morgan fingerprint density at radius 2 is 2.00 bits per heavy atom. The third kappa shape index (κ3) is 2.81. The molecule has 0 aromatic heterocycles. The van der Waals surface area contributed by atoms with E-state index in [-0.39, 0.29) is 0 Å². The van der Waals surface area contributed by atoms with Crippen LogP contribution in [0.1, 0.15) is 18.1 Å². The van der Waals surface area contributed by atoms with Crippen molar-refractivity contribution in [1.82, 2.24) is 0 Å². The van der Waals surface area contributed by atoms with E-state index in [1.54, 1.807) is 0 Å². The van der Waals surface area contributed by atoms with Crippen molar-refractivity contribution in [3.63, 3.8) is 0 Å². The number of hydrogen-bond acceptors (Lipinski definition) is 1. The second-order valence-electron chi connectivity index (χ2n) is 3.39. The van der Waals surface area contributed by atoms with Crippen LogP contribution in [0.3, 0.4) is 0 Å². The first-order chi connectivity index (χ1) is 6.11. The molecule has 1 aromatic carbocycles. The molecule has 1 nitrogen and oxygen atoms in total. The lowest BCUT2D eigenvalue weighted by molar-refractivity contribution is 0.0931. The molecule has 0 saturated heterocycles. The van der Waals surface area contributed by atoms with Crippen molar-refractivity contribution in [2.45, 2.75) is 32.5 Å². The maximum Gasteiger partial charge on any atom is 0.130 e. The second-order valence-corrected chi connectivity index (χ2v) is 3.39. The summed E-state index contributed by atoms with van der Waals surface area (Å²) in [4.78, 5) is 0. The monoisotopic (exact) mass is 182 g/mol. The van der Waals surface area contributed by atoms with Crippen LogP contribution in [0.25, 0.3) is 0 Å². The van der Waals surface area contributed by atoms with Gasteiger partial charge in [0.25, 0.3) is 0 Å². The number of halogens is 1. The molecular formula is C11H15FO. The van der Waals surface area contributed by atoms with E-state index in [1.165, 1.54) is 6.92 Å². The molecule has 1 N–H and O–H groups in total. The van der Waals surface area contributed by atoms with Gasteiger partial charge < -0.3 is 5.11 Å². The van der Waals surface area contributed by atoms with Crippen molar-refractivity contribution < 1.29 is 9.50 Å². The highest BCUT2D eigenvalue weighted by Gasteiger charge is 2.14. The molecule has 0 heterocycles. The Labute approximate surface area is 78.2 Å². The van der Waals surface area contributed by atoms with E-state index in [9.17, 15) is 4.39 Å². The summed E-state index contributed by atoms with van der Waals surface area (Å²) < 4.78 is 13.1. The molecule has 2 heteroatoms. The number of hydrogen-bond donors (Lipinski definition) is 1. The molecule has 0 saturated carbocycles. The van der Waals surface area contributed by atoms with Crippen LogP contribution >= 0.6 is 0 Å². The topological polar surface area (TPSA) is 20.2 Å². The van der Waals surface area contributed by atoms with Gasteiger partial charge >= 0.3 is 0 Å². The number of benzene rings is 1. The Bertz CT molecular complexity index is 271. The van der Waals surface area contributed by atoms with Crippen molar-refractivity contribution in [1.29, 1.82) is 0 Å². The molecule has 1 rings (SSSR count). The Hall–Kier alpha value is -0.890. The lowest BCUT2D eigenvalue weighted by Gasteiger charge is -2.12. The van der Waals surface area contributed by atoms with Crippen molar-refractivity contribution in [3.05, 3.63) is 35.4 Å². The number of rotatable bonds is 3. The molecular weight excluding hydrogens is 167 g/mol. The lowest BCUT2D eigenvalue weighted by atomic mass is 10.0. The Morgan fingerprint density at radius 3 is 2.54 bits per heavy atom. The third-order valence-electron chi connectivity index (χ3n) is 2.20. The average Bonchev–Trinajstić information content (AvgIpc) is 2.08. The standard InChI is InChI=1S/C11H15FO/c1-8-5-3-4-6-10(8)7-11(12)9(2)13/h3-6,9,11,13H,7H2,1-2H3. The van der Waals surface area contributed by atoms with E-state index in [0.29, 0.717) is 6.42 Å². The number of alkyl halides is 1. The molecule has 1 aromatic rings. The Kier molecular flexibility index (Phi) is 3.43. The first kappa shape index (κ1) is 10.2. The van der Waals surface area contributed by atoms with Crippen molar-refractivity contribution in [3.8, 4) is 0 Å². The predicted octanol–water partition coefficient (Wildman–Crippen LogP) is 2.26. The summed E-state index contributed by atoms with van der Waals surface area (Å²) in [5, 5.41) is 9.00. The molecule has 2 atom stereocenters. The Morgan fingerprint density at radius 1 is 1.38 bits per heavy atom. The first-order valence-corrected chi connectivity index (χ1v) is 4.48. The molecule has 0 fully saturated rings. The van der Waals surface area contributed by atoms with Gasteiger partial charge in [-0.05, 0) is 25.0 Å². The number of aliphatic hydroxyl groups excluding tert-OH is 1. The zero-order chi connectivity index (χ0) is 9.84. The fraction of sp³-hybridized carbons (Fsp3) is 0.455. The molecule has 72 valence electrons. The molecule has 0 aliphatic heterocycles. The van der Waals surface area contributed by atoms with Crippen molar-refractivity contribution in [2.75, 3.05) is 0 Å². The van der Waals surface area contributed by atoms with Crippen molar-refractivity contribution >= 4 is 0 Å². The van der Waals surface area contributed by atoms with E-state index in [2.05, 4.69) is 0 Å². The average molecular weight is 182 g/mol. The van der Waals surface area contributed by atoms with E-state index in [1.807, 2.05) is 31.2 Å². The van der Waals surface area contributed by atoms with E-state index in [0.717, 1.165) is 11.1 Å². The highest BCUT2D eigenvalue weighted by molar-refractivity contribution is 5.26. The van der Waals surface area contributed by atoms with E-state index < -0.39 is 12.3 Å². The summed E-state index contributed by atoms with van der Waals surface area (Å²) in [6.45, 7) is 3.42. The van der Waals surface area contributed by atoms with Gasteiger partial charge in [-0.3, -0.25) is 0 Å². The maximum atomic E-state index is 13.1. The van der Waals surface area contributed by atoms with Crippen LogP contribution < -0.4 is 0 Å². The zero-order valence-corrected chi connectivity index (χ0v) is 8.00. The second kappa shape index (κ2) is 4.38. The van der Waals surface area contributed by atoms with Gasteiger partial charge in [-0.15, -0.1) is 0 Å². The van der Waals surface area contributed by atoms with Crippen LogP contribution in [0.5, 0.6) is 0 Å². The van der Waals surface area contributed by atoms with E-state index >= 15 is 0 Å². The maximum absolute atomic E-state index is 13.1. The van der Waals surface area contributed by atoms with Gasteiger partial charge in [-0.25, -0.2) is 4.39 Å². The minimum atomic E-state index is -1.17. The molecule has 0 aliphatic rings. The lowest BCUT2D eigenvalue weighted by Crippen LogP contribution is -2.20. The summed E-state index contributed by atoms with van der Waals surface area (Å²) in [6.07, 6.45) is -1.76. The fourth-order valence-corrected chi connectivity index (χ4v) is 1.22. The molecule has 0 radical (unpaired) electrons. The minimum absolute atomic E-state index is 0.296. The van der Waals surface area contributed by atoms with Crippen LogP contribution in [-0.4, -0.2) is 17.4 Å². The first-order valence-electron chi connectivity index (χ1n) is 4.48. The summed E-state index contributed by atoms with van der Waals surface area (Å²) in [7, 11) is 0. The summed E-state index contributed by atoms with van der Waals surface area (Å²) >= 11 is 0. The Balaban J connectivity index is 2.69. The van der Waals surface area contributed by atoms with Gasteiger partial charge in [0.1, 0.15) is 6.17 Å². The highest BCUT2D eigenvalue weighted by atomic mass is 19.1. The SMILES string of the molecule is Cc1ccccc1CC(F)C(C)O. The summed E-state index contributed by atoms with van der Waals surface area (Å²) in [5.41, 5.74) is 2.04. The minimum Gasteiger partial charge on any atom is -0.390 e. The third-order valence-corrected chi connectivity index (χ3v) is 2.20. The molecule has 0 amide bonds. The van der Waals surface area contributed by atoms with Crippen LogP contribution in [0.4, 0.5) is 4.39 Å².